The number of ether oxygens (including phenoxy) is 2. The minimum Gasteiger partial charge on any atom is -0.493 e. The number of carboxylic acid groups (broad SMARTS) is 1. The van der Waals surface area contributed by atoms with Crippen LogP contribution in [0.15, 0.2) is 18.2 Å². The zero-order valence-corrected chi connectivity index (χ0v) is 9.21. The Labute approximate surface area is 98.6 Å². The van der Waals surface area contributed by atoms with Crippen molar-refractivity contribution in [1.29, 1.82) is 0 Å². The molecule has 90 valence electrons. The molecule has 0 heterocycles. The van der Waals surface area contributed by atoms with Crippen LogP contribution in [0.4, 0.5) is 0 Å². The highest BCUT2D eigenvalue weighted by Gasteiger charge is 2.10. The van der Waals surface area contributed by atoms with Crippen molar-refractivity contribution in [3.8, 4) is 23.8 Å². The first-order chi connectivity index (χ1) is 8.08. The average Bonchev–Trinajstić information content (AvgIpc) is 2.34. The monoisotopic (exact) mass is 236 g/mol. The van der Waals surface area contributed by atoms with Crippen LogP contribution in [0.25, 0.3) is 0 Å². The maximum atomic E-state index is 10.4. The molecule has 2 N–H and O–H groups in total. The predicted octanol–water partition coefficient (Wildman–Crippen LogP) is 0.825. The summed E-state index contributed by atoms with van der Waals surface area (Å²) in [4.78, 5) is 10.4. The van der Waals surface area contributed by atoms with E-state index in [0.29, 0.717) is 11.3 Å². The summed E-state index contributed by atoms with van der Waals surface area (Å²) in [6.45, 7) is -0.465. The van der Waals surface area contributed by atoms with Crippen molar-refractivity contribution in [2.45, 2.75) is 6.10 Å². The van der Waals surface area contributed by atoms with E-state index in [1.165, 1.54) is 19.2 Å². The molecular weight excluding hydrogens is 224 g/mol. The van der Waals surface area contributed by atoms with E-state index >= 15 is 0 Å². The van der Waals surface area contributed by atoms with E-state index in [1.54, 1.807) is 6.07 Å². The fourth-order valence-electron chi connectivity index (χ4n) is 1.21. The van der Waals surface area contributed by atoms with Gasteiger partial charge < -0.3 is 19.7 Å². The first-order valence-electron chi connectivity index (χ1n) is 4.75. The quantitative estimate of drug-likeness (QED) is 0.740. The molecule has 0 bridgehead atoms. The topological polar surface area (TPSA) is 76.0 Å². The molecule has 0 aliphatic carbocycles. The van der Waals surface area contributed by atoms with E-state index in [1.807, 2.05) is 0 Å². The maximum absolute atomic E-state index is 10.4. The molecule has 0 radical (unpaired) electrons. The first-order valence-corrected chi connectivity index (χ1v) is 4.75. The fraction of sp³-hybridized carbons (Fsp3) is 0.250. The molecule has 1 aromatic carbocycles. The zero-order chi connectivity index (χ0) is 12.8. The summed E-state index contributed by atoms with van der Waals surface area (Å²) in [7, 11) is 1.41. The second-order valence-corrected chi connectivity index (χ2v) is 3.16. The number of benzene rings is 1. The Bertz CT molecular complexity index is 447. The minimum absolute atomic E-state index is 0.280. The number of aliphatic hydroxyl groups excluding tert-OH is 1. The molecule has 0 aromatic heterocycles. The largest absolute Gasteiger partial charge is 0.493 e. The summed E-state index contributed by atoms with van der Waals surface area (Å²) in [5, 5.41) is 17.9. The van der Waals surface area contributed by atoms with Crippen molar-refractivity contribution in [3.05, 3.63) is 23.8 Å². The van der Waals surface area contributed by atoms with E-state index < -0.39 is 18.7 Å². The van der Waals surface area contributed by atoms with Crippen LogP contribution in [0.2, 0.25) is 0 Å². The molecule has 0 amide bonds. The van der Waals surface area contributed by atoms with Gasteiger partial charge in [-0.2, -0.15) is 0 Å². The molecule has 1 atom stereocenters. The van der Waals surface area contributed by atoms with Gasteiger partial charge in [0.15, 0.2) is 18.1 Å². The molecule has 0 spiro atoms. The highest BCUT2D eigenvalue weighted by molar-refractivity contribution is 5.68. The van der Waals surface area contributed by atoms with E-state index in [-0.39, 0.29) is 5.75 Å². The Hall–Kier alpha value is -2.19. The first kappa shape index (κ1) is 12.9. The van der Waals surface area contributed by atoms with Crippen molar-refractivity contribution in [2.75, 3.05) is 13.7 Å². The van der Waals surface area contributed by atoms with Gasteiger partial charge in [-0.1, -0.05) is 12.0 Å². The SMILES string of the molecule is C#CC(O)c1ccc(OCC(=O)O)c(OC)c1. The van der Waals surface area contributed by atoms with Crippen molar-refractivity contribution in [1.82, 2.24) is 0 Å². The van der Waals surface area contributed by atoms with Crippen LogP contribution in [0.5, 0.6) is 11.5 Å². The van der Waals surface area contributed by atoms with Crippen LogP contribution in [-0.4, -0.2) is 29.9 Å². The zero-order valence-electron chi connectivity index (χ0n) is 9.21. The van der Waals surface area contributed by atoms with Gasteiger partial charge >= 0.3 is 5.97 Å². The van der Waals surface area contributed by atoms with Gasteiger partial charge in [0.25, 0.3) is 0 Å². The van der Waals surface area contributed by atoms with Gasteiger partial charge in [-0.05, 0) is 17.7 Å². The lowest BCUT2D eigenvalue weighted by molar-refractivity contribution is -0.139. The lowest BCUT2D eigenvalue weighted by Gasteiger charge is -2.11. The third-order valence-corrected chi connectivity index (χ3v) is 2.01. The minimum atomic E-state index is -1.08. The van der Waals surface area contributed by atoms with Crippen molar-refractivity contribution < 1.29 is 24.5 Å². The summed E-state index contributed by atoms with van der Waals surface area (Å²) in [6, 6.07) is 4.55. The molecule has 1 rings (SSSR count). The van der Waals surface area contributed by atoms with Gasteiger partial charge in [0, 0.05) is 0 Å². The third kappa shape index (κ3) is 3.40. The van der Waals surface area contributed by atoms with Gasteiger partial charge in [0.1, 0.15) is 6.10 Å². The molecule has 1 unspecified atom stereocenters. The molecule has 0 fully saturated rings. The fourth-order valence-corrected chi connectivity index (χ4v) is 1.21. The van der Waals surface area contributed by atoms with Gasteiger partial charge in [0.2, 0.25) is 0 Å². The second kappa shape index (κ2) is 5.77. The van der Waals surface area contributed by atoms with Crippen LogP contribution in [0.3, 0.4) is 0 Å². The maximum Gasteiger partial charge on any atom is 0.341 e. The van der Waals surface area contributed by atoms with Gasteiger partial charge in [-0.15, -0.1) is 6.42 Å². The number of aliphatic carboxylic acids is 1. The van der Waals surface area contributed by atoms with Crippen LogP contribution in [-0.2, 0) is 4.79 Å². The molecule has 0 aliphatic heterocycles. The standard InChI is InChI=1S/C12H12O5/c1-3-9(13)8-4-5-10(11(6-8)16-2)17-7-12(14)15/h1,4-6,9,13H,7H2,2H3,(H,14,15). The molecular formula is C12H12O5. The number of hydrogen-bond acceptors (Lipinski definition) is 4. The van der Waals surface area contributed by atoms with Crippen LogP contribution in [0, 0.1) is 12.3 Å². The van der Waals surface area contributed by atoms with Crippen molar-refractivity contribution in [3.63, 3.8) is 0 Å². The smallest absolute Gasteiger partial charge is 0.341 e. The number of hydrogen-bond donors (Lipinski definition) is 2. The van der Waals surface area contributed by atoms with E-state index in [4.69, 9.17) is 21.0 Å². The highest BCUT2D eigenvalue weighted by atomic mass is 16.5. The lowest BCUT2D eigenvalue weighted by Crippen LogP contribution is -2.10. The summed E-state index contributed by atoms with van der Waals surface area (Å²) in [6.07, 6.45) is 4.05. The average molecular weight is 236 g/mol. The summed E-state index contributed by atoms with van der Waals surface area (Å²) < 4.78 is 10.0. The number of terminal acetylenes is 1. The lowest BCUT2D eigenvalue weighted by atomic mass is 10.1. The van der Waals surface area contributed by atoms with Crippen molar-refractivity contribution >= 4 is 5.97 Å². The van der Waals surface area contributed by atoms with Crippen LogP contribution < -0.4 is 9.47 Å². The molecule has 0 saturated carbocycles. The van der Waals surface area contributed by atoms with Crippen LogP contribution in [0.1, 0.15) is 11.7 Å². The normalized spacial score (nSPS) is 11.4. The number of aliphatic hydroxyl groups is 1. The predicted molar refractivity (Wildman–Crippen MR) is 59.9 cm³/mol. The highest BCUT2D eigenvalue weighted by Crippen LogP contribution is 2.30. The summed E-state index contributed by atoms with van der Waals surface area (Å²) >= 11 is 0. The Morgan fingerprint density at radius 2 is 2.24 bits per heavy atom. The number of carbonyl (C=O) groups is 1. The van der Waals surface area contributed by atoms with E-state index in [2.05, 4.69) is 5.92 Å². The Morgan fingerprint density at radius 3 is 2.76 bits per heavy atom. The molecule has 1 aromatic rings. The Morgan fingerprint density at radius 1 is 1.53 bits per heavy atom. The molecule has 17 heavy (non-hydrogen) atoms. The van der Waals surface area contributed by atoms with E-state index in [0.717, 1.165) is 0 Å². The van der Waals surface area contributed by atoms with Crippen molar-refractivity contribution in [2.24, 2.45) is 0 Å². The molecule has 5 nitrogen and oxygen atoms in total. The number of rotatable bonds is 5. The Kier molecular flexibility index (Phi) is 4.37. The van der Waals surface area contributed by atoms with Gasteiger partial charge in [0.05, 0.1) is 7.11 Å². The van der Waals surface area contributed by atoms with Gasteiger partial charge in [-0.25, -0.2) is 4.79 Å². The molecule has 0 saturated heterocycles. The third-order valence-electron chi connectivity index (χ3n) is 2.01. The molecule has 5 heteroatoms. The molecule has 0 aliphatic rings. The second-order valence-electron chi connectivity index (χ2n) is 3.16. The Balaban J connectivity index is 2.94. The summed E-state index contributed by atoms with van der Waals surface area (Å²) in [5.74, 6) is 1.68. The number of methoxy groups -OCH3 is 1. The number of carboxylic acids is 1. The van der Waals surface area contributed by atoms with Crippen LogP contribution >= 0.6 is 0 Å². The van der Waals surface area contributed by atoms with E-state index in [9.17, 15) is 9.90 Å². The van der Waals surface area contributed by atoms with Gasteiger partial charge in [-0.3, -0.25) is 0 Å². The summed E-state index contributed by atoms with van der Waals surface area (Å²) in [5.41, 5.74) is 0.479.